The van der Waals surface area contributed by atoms with Crippen molar-refractivity contribution in [3.05, 3.63) is 69.4 Å². The maximum Gasteiger partial charge on any atom is 0.362 e. The summed E-state index contributed by atoms with van der Waals surface area (Å²) < 4.78 is 10.6. The van der Waals surface area contributed by atoms with Gasteiger partial charge in [0.25, 0.3) is 5.56 Å². The highest BCUT2D eigenvalue weighted by atomic mass is 32.2. The Labute approximate surface area is 152 Å². The van der Waals surface area contributed by atoms with Crippen molar-refractivity contribution in [3.63, 3.8) is 0 Å². The van der Waals surface area contributed by atoms with Crippen molar-refractivity contribution < 1.29 is 14.7 Å². The fourth-order valence-corrected chi connectivity index (χ4v) is 3.16. The quantitative estimate of drug-likeness (QED) is 0.528. The van der Waals surface area contributed by atoms with Gasteiger partial charge in [0.1, 0.15) is 11.5 Å². The zero-order valence-electron chi connectivity index (χ0n) is 14.1. The van der Waals surface area contributed by atoms with Crippen LogP contribution in [0.1, 0.15) is 0 Å². The van der Waals surface area contributed by atoms with Gasteiger partial charge >= 0.3 is 5.69 Å². The van der Waals surface area contributed by atoms with Gasteiger partial charge in [0, 0.05) is 17.0 Å². The highest BCUT2D eigenvalue weighted by molar-refractivity contribution is 7.99. The first kappa shape index (κ1) is 17.7. The molecule has 26 heavy (non-hydrogen) atoms. The number of hydrogen-bond acceptors (Lipinski definition) is 6. The fourth-order valence-electron chi connectivity index (χ4n) is 2.34. The smallest absolute Gasteiger partial charge is 0.362 e. The molecular weight excluding hydrogens is 356 g/mol. The van der Waals surface area contributed by atoms with Gasteiger partial charge in [-0.1, -0.05) is 28.6 Å². The number of aromatic amines is 1. The minimum atomic E-state index is -0.875. The average Bonchev–Trinajstić information content (AvgIpc) is 2.66. The van der Waals surface area contributed by atoms with Crippen molar-refractivity contribution in [2.24, 2.45) is 0 Å². The van der Waals surface area contributed by atoms with Crippen molar-refractivity contribution in [2.45, 2.75) is 9.92 Å². The molecule has 3 rings (SSSR count). The zero-order chi connectivity index (χ0) is 18.7. The molecule has 2 N–H and O–H groups in total. The number of H-pyrrole nitrogens is 1. The van der Waals surface area contributed by atoms with Crippen LogP contribution in [0.3, 0.4) is 0 Å². The van der Waals surface area contributed by atoms with Gasteiger partial charge in [-0.2, -0.15) is 0 Å². The second-order valence-corrected chi connectivity index (χ2v) is 6.43. The van der Waals surface area contributed by atoms with E-state index in [9.17, 15) is 14.8 Å². The summed E-state index contributed by atoms with van der Waals surface area (Å²) in [7, 11) is 3.19. The van der Waals surface area contributed by atoms with Crippen LogP contribution in [0.25, 0.3) is 11.1 Å². The van der Waals surface area contributed by atoms with E-state index < -0.39 is 11.2 Å². The lowest BCUT2D eigenvalue weighted by molar-refractivity contribution is 0.159. The average molecular weight is 372 g/mol. The predicted octanol–water partition coefficient (Wildman–Crippen LogP) is 2.61. The van der Waals surface area contributed by atoms with Crippen LogP contribution in [-0.4, -0.2) is 29.1 Å². The summed E-state index contributed by atoms with van der Waals surface area (Å²) in [4.78, 5) is 26.2. The maximum absolute atomic E-state index is 11.5. The van der Waals surface area contributed by atoms with E-state index in [2.05, 4.69) is 4.98 Å². The first-order chi connectivity index (χ1) is 12.5. The first-order valence-electron chi connectivity index (χ1n) is 7.57. The van der Waals surface area contributed by atoms with E-state index in [-0.39, 0.29) is 4.73 Å². The maximum atomic E-state index is 11.5. The Morgan fingerprint density at radius 1 is 0.923 bits per heavy atom. The molecule has 0 aliphatic rings. The number of methoxy groups -OCH3 is 2. The van der Waals surface area contributed by atoms with Crippen LogP contribution in [0.4, 0.5) is 0 Å². The van der Waals surface area contributed by atoms with Crippen molar-refractivity contribution in [3.8, 4) is 22.6 Å². The number of aromatic nitrogens is 2. The third-order valence-corrected chi connectivity index (χ3v) is 4.60. The Morgan fingerprint density at radius 2 is 1.54 bits per heavy atom. The number of hydrogen-bond donors (Lipinski definition) is 2. The molecule has 0 unspecified atom stereocenters. The van der Waals surface area contributed by atoms with Crippen LogP contribution < -0.4 is 20.7 Å². The summed E-state index contributed by atoms with van der Waals surface area (Å²) in [6, 6.07) is 14.3. The number of ether oxygens (including phenoxy) is 2. The second-order valence-electron chi connectivity index (χ2n) is 5.32. The molecule has 0 fully saturated rings. The lowest BCUT2D eigenvalue weighted by Gasteiger charge is -2.09. The Bertz CT molecular complexity index is 987. The number of nitrogens with one attached hydrogen (secondary N) is 1. The van der Waals surface area contributed by atoms with Gasteiger partial charge in [-0.3, -0.25) is 9.78 Å². The summed E-state index contributed by atoms with van der Waals surface area (Å²) in [6.07, 6.45) is 0. The zero-order valence-corrected chi connectivity index (χ0v) is 14.9. The molecule has 1 aromatic heterocycles. The number of nitrogens with zero attached hydrogens (tertiary/aromatic N) is 1. The molecule has 0 radical (unpaired) electrons. The number of benzene rings is 2. The van der Waals surface area contributed by atoms with Gasteiger partial charge in [-0.25, -0.2) is 4.79 Å². The van der Waals surface area contributed by atoms with Gasteiger partial charge in [-0.15, -0.1) is 0 Å². The van der Waals surface area contributed by atoms with Crippen molar-refractivity contribution in [1.29, 1.82) is 0 Å². The first-order valence-corrected chi connectivity index (χ1v) is 8.39. The largest absolute Gasteiger partial charge is 0.497 e. The molecule has 3 aromatic rings. The lowest BCUT2D eigenvalue weighted by Crippen LogP contribution is -2.32. The number of rotatable bonds is 5. The van der Waals surface area contributed by atoms with E-state index in [0.29, 0.717) is 16.5 Å². The van der Waals surface area contributed by atoms with Crippen molar-refractivity contribution in [2.75, 3.05) is 14.2 Å². The SMILES string of the molecule is COc1cc(OC)cc(-c2ccc(Sc3cc(=O)n(O)c(=O)[nH]3)cc2)c1. The highest BCUT2D eigenvalue weighted by Gasteiger charge is 2.07. The topological polar surface area (TPSA) is 93.5 Å². The van der Waals surface area contributed by atoms with E-state index >= 15 is 0 Å². The molecule has 0 saturated heterocycles. The van der Waals surface area contributed by atoms with Crippen LogP contribution in [0.5, 0.6) is 11.5 Å². The molecule has 0 amide bonds. The van der Waals surface area contributed by atoms with E-state index in [4.69, 9.17) is 9.47 Å². The monoisotopic (exact) mass is 372 g/mol. The molecule has 0 aliphatic heterocycles. The van der Waals surface area contributed by atoms with Crippen molar-refractivity contribution in [1.82, 2.24) is 9.71 Å². The molecular formula is C18H16N2O5S. The normalized spacial score (nSPS) is 10.5. The summed E-state index contributed by atoms with van der Waals surface area (Å²) in [5.74, 6) is 1.39. The standard InChI is InChI=1S/C18H16N2O5S/c1-24-13-7-12(8-14(9-13)25-2)11-3-5-15(6-4-11)26-16-10-17(21)20(23)18(22)19-16/h3-10,23H,1-2H3,(H,19,22). The van der Waals surface area contributed by atoms with Gasteiger partial charge < -0.3 is 14.7 Å². The highest BCUT2D eigenvalue weighted by Crippen LogP contribution is 2.32. The third-order valence-electron chi connectivity index (χ3n) is 3.65. The predicted molar refractivity (Wildman–Crippen MR) is 97.6 cm³/mol. The summed E-state index contributed by atoms with van der Waals surface area (Å²) >= 11 is 1.21. The molecule has 0 aliphatic carbocycles. The fraction of sp³-hybridized carbons (Fsp3) is 0.111. The minimum absolute atomic E-state index is 0.0311. The van der Waals surface area contributed by atoms with E-state index in [0.717, 1.165) is 22.1 Å². The third kappa shape index (κ3) is 3.75. The van der Waals surface area contributed by atoms with Gasteiger partial charge in [0.05, 0.1) is 19.2 Å². The molecule has 2 aromatic carbocycles. The van der Waals surface area contributed by atoms with Crippen LogP contribution in [0.15, 0.2) is 68.0 Å². The van der Waals surface area contributed by atoms with E-state index in [1.807, 2.05) is 36.4 Å². The van der Waals surface area contributed by atoms with Gasteiger partial charge in [0.15, 0.2) is 0 Å². The molecule has 134 valence electrons. The molecule has 1 heterocycles. The molecule has 0 bridgehead atoms. The van der Waals surface area contributed by atoms with Crippen LogP contribution >= 0.6 is 11.8 Å². The molecule has 0 saturated carbocycles. The second kappa shape index (κ2) is 7.40. The van der Waals surface area contributed by atoms with Gasteiger partial charge in [0.2, 0.25) is 0 Å². The van der Waals surface area contributed by atoms with Crippen LogP contribution in [-0.2, 0) is 0 Å². The Hall–Kier alpha value is -3.13. The van der Waals surface area contributed by atoms with E-state index in [1.165, 1.54) is 11.8 Å². The minimum Gasteiger partial charge on any atom is -0.497 e. The Morgan fingerprint density at radius 3 is 2.08 bits per heavy atom. The Kier molecular flexibility index (Phi) is 5.04. The molecule has 7 nitrogen and oxygen atoms in total. The van der Waals surface area contributed by atoms with Gasteiger partial charge in [-0.05, 0) is 35.4 Å². The van der Waals surface area contributed by atoms with Crippen molar-refractivity contribution >= 4 is 11.8 Å². The summed E-state index contributed by atoms with van der Waals surface area (Å²) in [5, 5.41) is 9.52. The summed E-state index contributed by atoms with van der Waals surface area (Å²) in [6.45, 7) is 0. The Balaban J connectivity index is 1.87. The van der Waals surface area contributed by atoms with Crippen LogP contribution in [0, 0.1) is 0 Å². The van der Waals surface area contributed by atoms with Crippen LogP contribution in [0.2, 0.25) is 0 Å². The summed E-state index contributed by atoms with van der Waals surface area (Å²) in [5.41, 5.74) is 0.247. The van der Waals surface area contributed by atoms with E-state index in [1.54, 1.807) is 20.3 Å². The molecule has 0 spiro atoms. The lowest BCUT2D eigenvalue weighted by atomic mass is 10.1. The molecule has 0 atom stereocenters. The molecule has 8 heteroatoms.